The van der Waals surface area contributed by atoms with Gasteiger partial charge in [0.15, 0.2) is 0 Å². The molecule has 94 valence electrons. The molecule has 0 aliphatic rings. The van der Waals surface area contributed by atoms with Gasteiger partial charge in [0.05, 0.1) is 5.02 Å². The van der Waals surface area contributed by atoms with Gasteiger partial charge in [-0.1, -0.05) is 23.7 Å². The quantitative estimate of drug-likeness (QED) is 0.851. The minimum absolute atomic E-state index is 0.305. The molecule has 0 spiro atoms. The van der Waals surface area contributed by atoms with E-state index < -0.39 is 6.10 Å². The maximum Gasteiger partial charge on any atom is 0.123 e. The first-order valence-electron chi connectivity index (χ1n) is 5.38. The van der Waals surface area contributed by atoms with Crippen LogP contribution < -0.4 is 0 Å². The highest BCUT2D eigenvalue weighted by atomic mass is 79.9. The van der Waals surface area contributed by atoms with Crippen LogP contribution >= 0.6 is 27.5 Å². The van der Waals surface area contributed by atoms with Gasteiger partial charge in [-0.3, -0.25) is 0 Å². The molecule has 0 saturated carbocycles. The van der Waals surface area contributed by atoms with E-state index in [1.807, 2.05) is 0 Å². The Hall–Kier alpha value is -0.900. The molecule has 18 heavy (non-hydrogen) atoms. The van der Waals surface area contributed by atoms with Crippen LogP contribution in [0.5, 0.6) is 0 Å². The molecule has 2 aromatic rings. The molecule has 0 aliphatic carbocycles. The number of aliphatic hydroxyl groups excluding tert-OH is 1. The van der Waals surface area contributed by atoms with E-state index in [1.54, 1.807) is 31.2 Å². The van der Waals surface area contributed by atoms with Crippen LogP contribution in [0.1, 0.15) is 22.8 Å². The Kier molecular flexibility index (Phi) is 4.05. The predicted molar refractivity (Wildman–Crippen MR) is 74.4 cm³/mol. The van der Waals surface area contributed by atoms with Gasteiger partial charge in [0.1, 0.15) is 11.9 Å². The fourth-order valence-corrected chi connectivity index (χ4v) is 2.32. The molecule has 0 amide bonds. The van der Waals surface area contributed by atoms with Crippen LogP contribution in [0.25, 0.3) is 0 Å². The van der Waals surface area contributed by atoms with Crippen LogP contribution in [0.3, 0.4) is 0 Å². The zero-order chi connectivity index (χ0) is 13.3. The molecular weight excluding hydrogens is 319 g/mol. The largest absolute Gasteiger partial charge is 0.384 e. The Labute approximate surface area is 118 Å². The lowest BCUT2D eigenvalue weighted by molar-refractivity contribution is 0.219. The number of halogens is 3. The summed E-state index contributed by atoms with van der Waals surface area (Å²) < 4.78 is 13.7. The third kappa shape index (κ3) is 2.74. The summed E-state index contributed by atoms with van der Waals surface area (Å²) in [5.74, 6) is -0.305. The summed E-state index contributed by atoms with van der Waals surface area (Å²) in [6.45, 7) is 1.77. The van der Waals surface area contributed by atoms with Crippen LogP contribution in [0.4, 0.5) is 4.39 Å². The topological polar surface area (TPSA) is 20.2 Å². The number of aryl methyl sites for hydroxylation is 1. The number of benzene rings is 2. The molecule has 0 saturated heterocycles. The number of hydrogen-bond donors (Lipinski definition) is 1. The van der Waals surface area contributed by atoms with Crippen molar-refractivity contribution >= 4 is 27.5 Å². The first-order valence-corrected chi connectivity index (χ1v) is 6.55. The summed E-state index contributed by atoms with van der Waals surface area (Å²) in [6.07, 6.45) is -0.792. The smallest absolute Gasteiger partial charge is 0.123 e. The Morgan fingerprint density at radius 3 is 2.56 bits per heavy atom. The number of aliphatic hydroxyl groups is 1. The summed E-state index contributed by atoms with van der Waals surface area (Å²) in [7, 11) is 0. The highest BCUT2D eigenvalue weighted by Crippen LogP contribution is 2.30. The second-order valence-corrected chi connectivity index (χ2v) is 5.34. The molecule has 0 aliphatic heterocycles. The van der Waals surface area contributed by atoms with Gasteiger partial charge in [0.2, 0.25) is 0 Å². The molecule has 2 rings (SSSR count). The lowest BCUT2D eigenvalue weighted by Gasteiger charge is -2.15. The fourth-order valence-electron chi connectivity index (χ4n) is 1.81. The minimum Gasteiger partial charge on any atom is -0.384 e. The van der Waals surface area contributed by atoms with E-state index in [0.29, 0.717) is 21.7 Å². The first-order chi connectivity index (χ1) is 8.49. The van der Waals surface area contributed by atoms with Gasteiger partial charge in [-0.15, -0.1) is 0 Å². The van der Waals surface area contributed by atoms with Crippen LogP contribution in [0, 0.1) is 12.7 Å². The lowest BCUT2D eigenvalue weighted by Crippen LogP contribution is -2.02. The van der Waals surface area contributed by atoms with Gasteiger partial charge in [-0.25, -0.2) is 4.39 Å². The van der Waals surface area contributed by atoms with Gasteiger partial charge < -0.3 is 5.11 Å². The van der Waals surface area contributed by atoms with Crippen molar-refractivity contribution in [2.75, 3.05) is 0 Å². The zero-order valence-electron chi connectivity index (χ0n) is 9.62. The van der Waals surface area contributed by atoms with E-state index in [0.717, 1.165) is 4.47 Å². The minimum atomic E-state index is -0.792. The van der Waals surface area contributed by atoms with Crippen molar-refractivity contribution in [3.05, 3.63) is 68.4 Å². The van der Waals surface area contributed by atoms with Gasteiger partial charge in [-0.05, 0) is 63.8 Å². The molecule has 0 heterocycles. The molecule has 0 bridgehead atoms. The summed E-state index contributed by atoms with van der Waals surface area (Å²) in [5.41, 5.74) is 2.11. The van der Waals surface area contributed by atoms with Crippen molar-refractivity contribution in [1.82, 2.24) is 0 Å². The molecule has 4 heteroatoms. The van der Waals surface area contributed by atoms with Crippen molar-refractivity contribution in [1.29, 1.82) is 0 Å². The van der Waals surface area contributed by atoms with E-state index in [1.165, 1.54) is 12.1 Å². The van der Waals surface area contributed by atoms with E-state index in [-0.39, 0.29) is 5.82 Å². The average Bonchev–Trinajstić information content (AvgIpc) is 2.32. The van der Waals surface area contributed by atoms with Gasteiger partial charge in [-0.2, -0.15) is 0 Å². The van der Waals surface area contributed by atoms with E-state index in [2.05, 4.69) is 15.9 Å². The number of hydrogen-bond acceptors (Lipinski definition) is 1. The number of rotatable bonds is 2. The van der Waals surface area contributed by atoms with Crippen molar-refractivity contribution < 1.29 is 9.50 Å². The maximum atomic E-state index is 13.0. The summed E-state index contributed by atoms with van der Waals surface area (Å²) >= 11 is 9.22. The molecule has 0 radical (unpaired) electrons. The maximum absolute atomic E-state index is 13.0. The third-order valence-electron chi connectivity index (χ3n) is 2.79. The molecule has 0 aromatic heterocycles. The molecule has 1 atom stereocenters. The highest BCUT2D eigenvalue weighted by molar-refractivity contribution is 9.10. The molecule has 1 N–H and O–H groups in total. The second kappa shape index (κ2) is 5.39. The van der Waals surface area contributed by atoms with Crippen LogP contribution in [0.15, 0.2) is 40.9 Å². The van der Waals surface area contributed by atoms with Crippen LogP contribution in [-0.4, -0.2) is 5.11 Å². The molecule has 1 unspecified atom stereocenters. The molecule has 0 fully saturated rings. The SMILES string of the molecule is Cc1cc(F)ccc1C(O)c1ccc(Cl)c(Br)c1. The van der Waals surface area contributed by atoms with Gasteiger partial charge in [0.25, 0.3) is 0 Å². The highest BCUT2D eigenvalue weighted by Gasteiger charge is 2.14. The summed E-state index contributed by atoms with van der Waals surface area (Å²) in [6, 6.07) is 9.57. The predicted octanol–water partition coefficient (Wildman–Crippen LogP) is 4.63. The van der Waals surface area contributed by atoms with E-state index >= 15 is 0 Å². The lowest BCUT2D eigenvalue weighted by atomic mass is 9.97. The zero-order valence-corrected chi connectivity index (χ0v) is 12.0. The van der Waals surface area contributed by atoms with E-state index in [4.69, 9.17) is 11.6 Å². The third-order valence-corrected chi connectivity index (χ3v) is 4.00. The van der Waals surface area contributed by atoms with E-state index in [9.17, 15) is 9.50 Å². The first kappa shape index (κ1) is 13.5. The molecule has 2 aromatic carbocycles. The average molecular weight is 330 g/mol. The van der Waals surface area contributed by atoms with Crippen molar-refractivity contribution in [2.45, 2.75) is 13.0 Å². The standard InChI is InChI=1S/C14H11BrClFO/c1-8-6-10(17)3-4-11(8)14(18)9-2-5-13(16)12(15)7-9/h2-7,14,18H,1H3. The van der Waals surface area contributed by atoms with Gasteiger partial charge >= 0.3 is 0 Å². The fraction of sp³-hybridized carbons (Fsp3) is 0.143. The summed E-state index contributed by atoms with van der Waals surface area (Å²) in [4.78, 5) is 0. The Balaban J connectivity index is 2.41. The van der Waals surface area contributed by atoms with Gasteiger partial charge in [0, 0.05) is 4.47 Å². The normalized spacial score (nSPS) is 12.5. The van der Waals surface area contributed by atoms with Crippen molar-refractivity contribution in [3.63, 3.8) is 0 Å². The van der Waals surface area contributed by atoms with Crippen LogP contribution in [-0.2, 0) is 0 Å². The Bertz CT molecular complexity index is 586. The Morgan fingerprint density at radius 2 is 1.94 bits per heavy atom. The van der Waals surface area contributed by atoms with Crippen molar-refractivity contribution in [2.24, 2.45) is 0 Å². The second-order valence-electron chi connectivity index (χ2n) is 4.08. The molecular formula is C14H11BrClFO. The monoisotopic (exact) mass is 328 g/mol. The summed E-state index contributed by atoms with van der Waals surface area (Å²) in [5, 5.41) is 10.9. The van der Waals surface area contributed by atoms with Crippen LogP contribution in [0.2, 0.25) is 5.02 Å². The van der Waals surface area contributed by atoms with Crippen molar-refractivity contribution in [3.8, 4) is 0 Å². The molecule has 1 nitrogen and oxygen atoms in total. The Morgan fingerprint density at radius 1 is 1.22 bits per heavy atom.